The maximum atomic E-state index is 11.2. The summed E-state index contributed by atoms with van der Waals surface area (Å²) in [5.41, 5.74) is 8.43. The van der Waals surface area contributed by atoms with Gasteiger partial charge < -0.3 is 9.67 Å². The van der Waals surface area contributed by atoms with E-state index in [4.69, 9.17) is 4.98 Å². The zero-order valence-electron chi connectivity index (χ0n) is 25.2. The van der Waals surface area contributed by atoms with E-state index in [1.165, 1.54) is 10.9 Å². The van der Waals surface area contributed by atoms with Crippen molar-refractivity contribution in [1.29, 1.82) is 0 Å². The van der Waals surface area contributed by atoms with Crippen LogP contribution in [0, 0.1) is 13.0 Å². The average molecular weight is 734 g/mol. The molecule has 6 rings (SSSR count). The Balaban J connectivity index is 0.00000353. The van der Waals surface area contributed by atoms with Gasteiger partial charge in [-0.2, -0.15) is 0 Å². The van der Waals surface area contributed by atoms with Crippen molar-refractivity contribution in [3.63, 3.8) is 0 Å². The molecule has 0 saturated carbocycles. The van der Waals surface area contributed by atoms with Crippen molar-refractivity contribution in [2.45, 2.75) is 59.3 Å². The first kappa shape index (κ1) is 29.7. The van der Waals surface area contributed by atoms with Crippen molar-refractivity contribution in [2.75, 3.05) is 0 Å². The van der Waals surface area contributed by atoms with Gasteiger partial charge in [-0.1, -0.05) is 95.0 Å². The van der Waals surface area contributed by atoms with E-state index in [-0.39, 0.29) is 31.9 Å². The van der Waals surface area contributed by atoms with Gasteiger partial charge in [0.2, 0.25) is 0 Å². The third kappa shape index (κ3) is 5.18. The maximum Gasteiger partial charge on any atom is 0.136 e. The van der Waals surface area contributed by atoms with Crippen molar-refractivity contribution >= 4 is 21.8 Å². The predicted octanol–water partition coefficient (Wildman–Crippen LogP) is 9.31. The molecule has 1 N–H and O–H groups in total. The van der Waals surface area contributed by atoms with Gasteiger partial charge in [-0.05, 0) is 70.1 Å². The van der Waals surface area contributed by atoms with Crippen LogP contribution in [0.5, 0.6) is 5.75 Å². The van der Waals surface area contributed by atoms with Gasteiger partial charge in [0.05, 0.1) is 17.1 Å². The van der Waals surface area contributed by atoms with Gasteiger partial charge >= 0.3 is 0 Å². The number of hydrogen-bond donors (Lipinski definition) is 1. The molecule has 0 unspecified atom stereocenters. The van der Waals surface area contributed by atoms with Gasteiger partial charge in [0.15, 0.2) is 0 Å². The van der Waals surface area contributed by atoms with Crippen LogP contribution in [-0.2, 0) is 31.9 Å². The fraction of sp³-hybridized carbons (Fsp3) is 0.243. The Kier molecular flexibility index (Phi) is 7.66. The first-order valence-corrected chi connectivity index (χ1v) is 14.2. The Hall–Kier alpha value is -3.75. The van der Waals surface area contributed by atoms with Gasteiger partial charge in [-0.3, -0.25) is 4.98 Å². The van der Waals surface area contributed by atoms with E-state index in [0.29, 0.717) is 5.75 Å². The summed E-state index contributed by atoms with van der Waals surface area (Å²) in [7, 11) is 0. The summed E-state index contributed by atoms with van der Waals surface area (Å²) < 4.78 is 2.20. The molecule has 0 aliphatic rings. The monoisotopic (exact) mass is 733 g/mol. The van der Waals surface area contributed by atoms with Gasteiger partial charge in [-0.15, -0.1) is 23.3 Å². The number of aromatic hydroxyl groups is 1. The molecule has 0 bridgehead atoms. The topological polar surface area (TPSA) is 50.9 Å². The number of fused-ring (bicyclic) bond motifs is 3. The number of hydrogen-bond acceptors (Lipinski definition) is 3. The van der Waals surface area contributed by atoms with Gasteiger partial charge in [0.1, 0.15) is 5.82 Å². The smallest absolute Gasteiger partial charge is 0.136 e. The number of phenols is 1. The van der Waals surface area contributed by atoms with Crippen LogP contribution in [0.2, 0.25) is 0 Å². The number of para-hydroxylation sites is 1. The third-order valence-electron chi connectivity index (χ3n) is 7.88. The molecule has 216 valence electrons. The molecule has 42 heavy (non-hydrogen) atoms. The fourth-order valence-corrected chi connectivity index (χ4v) is 5.56. The minimum absolute atomic E-state index is 0. The quantitative estimate of drug-likeness (QED) is 0.185. The van der Waals surface area contributed by atoms with Crippen molar-refractivity contribution in [1.82, 2.24) is 14.5 Å². The van der Waals surface area contributed by atoms with Crippen molar-refractivity contribution in [3.8, 4) is 34.1 Å². The summed E-state index contributed by atoms with van der Waals surface area (Å²) >= 11 is 0. The van der Waals surface area contributed by atoms with E-state index >= 15 is 0 Å². The molecule has 0 amide bonds. The van der Waals surface area contributed by atoms with Crippen LogP contribution >= 0.6 is 0 Å². The Morgan fingerprint density at radius 2 is 1.50 bits per heavy atom. The first-order chi connectivity index (χ1) is 19.4. The van der Waals surface area contributed by atoms with Crippen LogP contribution in [0.1, 0.15) is 58.2 Å². The number of aryl methyl sites for hydroxylation is 1. The molecular formula is C37H36N3OPt-. The first-order valence-electron chi connectivity index (χ1n) is 14.2. The molecule has 3 heterocycles. The number of rotatable bonds is 3. The van der Waals surface area contributed by atoms with Crippen LogP contribution in [0.25, 0.3) is 50.1 Å². The molecule has 0 radical (unpaired) electrons. The number of aromatic nitrogens is 3. The van der Waals surface area contributed by atoms with E-state index in [1.54, 1.807) is 6.20 Å². The molecule has 0 aliphatic carbocycles. The summed E-state index contributed by atoms with van der Waals surface area (Å²) in [5.74, 6) is 1.09. The third-order valence-corrected chi connectivity index (χ3v) is 7.88. The molecule has 4 nitrogen and oxygen atoms in total. The summed E-state index contributed by atoms with van der Waals surface area (Å²) in [6, 6.07) is 30.7. The number of phenolic OH excluding ortho intramolecular Hbond substituents is 1. The Labute approximate surface area is 262 Å². The summed E-state index contributed by atoms with van der Waals surface area (Å²) in [6.07, 6.45) is 1.79. The van der Waals surface area contributed by atoms with Crippen LogP contribution < -0.4 is 0 Å². The predicted molar refractivity (Wildman–Crippen MR) is 170 cm³/mol. The van der Waals surface area contributed by atoms with Crippen molar-refractivity contribution in [3.05, 3.63) is 108 Å². The van der Waals surface area contributed by atoms with E-state index in [2.05, 4.69) is 81.4 Å². The van der Waals surface area contributed by atoms with Crippen molar-refractivity contribution < 1.29 is 26.2 Å². The molecular weight excluding hydrogens is 698 g/mol. The van der Waals surface area contributed by atoms with Gasteiger partial charge in [0.25, 0.3) is 0 Å². The zero-order valence-corrected chi connectivity index (χ0v) is 27.5. The van der Waals surface area contributed by atoms with Crippen LogP contribution in [0.4, 0.5) is 0 Å². The summed E-state index contributed by atoms with van der Waals surface area (Å²) in [5, 5.41) is 13.5. The van der Waals surface area contributed by atoms with Crippen LogP contribution in [-0.4, -0.2) is 19.6 Å². The van der Waals surface area contributed by atoms with E-state index < -0.39 is 0 Å². The minimum atomic E-state index is -0.177. The average Bonchev–Trinajstić information content (AvgIpc) is 3.26. The SMILES string of the molecule is Cc1cccc(-c2[c-]c3c(cc2C(C)(C)C)c2cc(C(C)(C)C)ccc2n3-c2cccc(-c3ccccn3)n2)c1O.[Pt]. The molecule has 0 fully saturated rings. The largest absolute Gasteiger partial charge is 0.517 e. The Bertz CT molecular complexity index is 1930. The molecule has 0 aliphatic heterocycles. The van der Waals surface area contributed by atoms with E-state index in [0.717, 1.165) is 55.9 Å². The van der Waals surface area contributed by atoms with Crippen LogP contribution in [0.3, 0.4) is 0 Å². The van der Waals surface area contributed by atoms with Crippen molar-refractivity contribution in [2.24, 2.45) is 0 Å². The number of pyridine rings is 2. The molecule has 0 saturated heterocycles. The minimum Gasteiger partial charge on any atom is -0.517 e. The fourth-order valence-electron chi connectivity index (χ4n) is 5.56. The van der Waals surface area contributed by atoms with Gasteiger partial charge in [-0.25, -0.2) is 4.98 Å². The van der Waals surface area contributed by atoms with Crippen LogP contribution in [0.15, 0.2) is 85.1 Å². The van der Waals surface area contributed by atoms with Gasteiger partial charge in [0, 0.05) is 32.8 Å². The second-order valence-electron chi connectivity index (χ2n) is 13.0. The summed E-state index contributed by atoms with van der Waals surface area (Å²) in [4.78, 5) is 9.63. The molecule has 5 heteroatoms. The molecule has 6 aromatic rings. The second-order valence-corrected chi connectivity index (χ2v) is 13.0. The summed E-state index contributed by atoms with van der Waals surface area (Å²) in [6.45, 7) is 15.3. The normalized spacial score (nSPS) is 12.1. The van der Waals surface area contributed by atoms with E-state index in [1.807, 2.05) is 61.5 Å². The Morgan fingerprint density at radius 3 is 2.19 bits per heavy atom. The molecule has 0 atom stereocenters. The molecule has 0 spiro atoms. The zero-order chi connectivity index (χ0) is 29.1. The van der Waals surface area contributed by atoms with E-state index in [9.17, 15) is 5.11 Å². The second kappa shape index (κ2) is 10.8. The standard InChI is InChI=1S/C37H36N3O.Pt/c1-23-12-10-13-25(35(23)41)26-22-33-28(21-29(26)37(5,6)7)27-20-24(36(2,3)4)17-18-32(27)40(33)34-16-11-15-31(39-34)30-14-8-9-19-38-30;/h8-21,41H,1-7H3;/q-1;. The Morgan fingerprint density at radius 1 is 0.762 bits per heavy atom. The maximum absolute atomic E-state index is 11.2. The molecule has 3 aromatic carbocycles. The molecule has 3 aromatic heterocycles. The number of nitrogens with zero attached hydrogens (tertiary/aromatic N) is 3. The number of benzene rings is 3.